The first-order valence-corrected chi connectivity index (χ1v) is 13.3. The van der Waals surface area contributed by atoms with Crippen LogP contribution in [0, 0.1) is 6.92 Å². The summed E-state index contributed by atoms with van der Waals surface area (Å²) in [6.07, 6.45) is 1.15. The van der Waals surface area contributed by atoms with Gasteiger partial charge in [-0.3, -0.25) is 9.10 Å². The molecule has 0 bridgehead atoms. The van der Waals surface area contributed by atoms with Gasteiger partial charge in [-0.25, -0.2) is 8.42 Å². The van der Waals surface area contributed by atoms with Gasteiger partial charge in [0.15, 0.2) is 0 Å². The first-order valence-electron chi connectivity index (χ1n) is 11.4. The van der Waals surface area contributed by atoms with Crippen molar-refractivity contribution in [1.29, 1.82) is 0 Å². The lowest BCUT2D eigenvalue weighted by atomic mass is 10.1. The SMILES string of the molecule is Cc1ccccc1OCCNC(=O)c1ccc(CN(c2cccc(OC(C)C)c2)S(C)(=O)=O)cc1. The summed E-state index contributed by atoms with van der Waals surface area (Å²) < 4.78 is 37.8. The van der Waals surface area contributed by atoms with Gasteiger partial charge >= 0.3 is 0 Å². The van der Waals surface area contributed by atoms with E-state index in [0.29, 0.717) is 30.2 Å². The molecule has 0 saturated carbocycles. The standard InChI is InChI=1S/C27H32N2O5S/c1-20(2)34-25-10-7-9-24(18-25)29(35(4,31)32)19-22-12-14-23(15-13-22)27(30)28-16-17-33-26-11-6-5-8-21(26)3/h5-15,18,20H,16-17,19H2,1-4H3,(H,28,30). The maximum Gasteiger partial charge on any atom is 0.251 e. The van der Waals surface area contributed by atoms with Gasteiger partial charge in [0, 0.05) is 11.6 Å². The van der Waals surface area contributed by atoms with Crippen LogP contribution in [0.15, 0.2) is 72.8 Å². The molecule has 35 heavy (non-hydrogen) atoms. The number of ether oxygens (including phenoxy) is 2. The Hall–Kier alpha value is -3.52. The van der Waals surface area contributed by atoms with Crippen LogP contribution in [0.1, 0.15) is 35.3 Å². The van der Waals surface area contributed by atoms with E-state index in [-0.39, 0.29) is 18.6 Å². The number of nitrogens with one attached hydrogen (secondary N) is 1. The lowest BCUT2D eigenvalue weighted by Crippen LogP contribution is -2.29. The van der Waals surface area contributed by atoms with E-state index in [1.54, 1.807) is 48.5 Å². The van der Waals surface area contributed by atoms with Crippen molar-refractivity contribution in [3.63, 3.8) is 0 Å². The first-order chi connectivity index (χ1) is 16.6. The summed E-state index contributed by atoms with van der Waals surface area (Å²) in [4.78, 5) is 12.5. The summed E-state index contributed by atoms with van der Waals surface area (Å²) in [6, 6.07) is 21.6. The van der Waals surface area contributed by atoms with Crippen LogP contribution in [0.2, 0.25) is 0 Å². The van der Waals surface area contributed by atoms with E-state index >= 15 is 0 Å². The van der Waals surface area contributed by atoms with Gasteiger partial charge < -0.3 is 14.8 Å². The second kappa shape index (κ2) is 11.8. The minimum atomic E-state index is -3.54. The number of hydrogen-bond acceptors (Lipinski definition) is 5. The van der Waals surface area contributed by atoms with Crippen molar-refractivity contribution in [2.24, 2.45) is 0 Å². The smallest absolute Gasteiger partial charge is 0.251 e. The average Bonchev–Trinajstić information content (AvgIpc) is 2.80. The summed E-state index contributed by atoms with van der Waals surface area (Å²) in [5.41, 5.74) is 2.80. The van der Waals surface area contributed by atoms with Crippen LogP contribution < -0.4 is 19.1 Å². The van der Waals surface area contributed by atoms with Crippen LogP contribution in [-0.2, 0) is 16.6 Å². The first kappa shape index (κ1) is 26.1. The number of hydrogen-bond donors (Lipinski definition) is 1. The Morgan fingerprint density at radius 3 is 2.37 bits per heavy atom. The number of anilines is 1. The zero-order valence-corrected chi connectivity index (χ0v) is 21.3. The Kier molecular flexibility index (Phi) is 8.76. The number of carbonyl (C=O) groups is 1. The fourth-order valence-corrected chi connectivity index (χ4v) is 4.34. The number of rotatable bonds is 11. The molecule has 186 valence electrons. The van der Waals surface area contributed by atoms with Crippen molar-refractivity contribution in [1.82, 2.24) is 5.32 Å². The van der Waals surface area contributed by atoms with Crippen molar-refractivity contribution in [3.8, 4) is 11.5 Å². The van der Waals surface area contributed by atoms with Gasteiger partial charge in [0.05, 0.1) is 31.1 Å². The predicted octanol–water partition coefficient (Wildman–Crippen LogP) is 4.56. The van der Waals surface area contributed by atoms with Gasteiger partial charge in [-0.15, -0.1) is 0 Å². The molecule has 0 heterocycles. The molecule has 0 radical (unpaired) electrons. The van der Waals surface area contributed by atoms with E-state index in [0.717, 1.165) is 16.9 Å². The van der Waals surface area contributed by atoms with Crippen LogP contribution in [0.4, 0.5) is 5.69 Å². The zero-order valence-electron chi connectivity index (χ0n) is 20.5. The van der Waals surface area contributed by atoms with Crippen LogP contribution in [0.5, 0.6) is 11.5 Å². The molecule has 0 aromatic heterocycles. The quantitative estimate of drug-likeness (QED) is 0.394. The number of carbonyl (C=O) groups excluding carboxylic acids is 1. The third kappa shape index (κ3) is 7.75. The number of para-hydroxylation sites is 1. The monoisotopic (exact) mass is 496 g/mol. The van der Waals surface area contributed by atoms with Crippen molar-refractivity contribution >= 4 is 21.6 Å². The maximum absolute atomic E-state index is 12.5. The Bertz CT molecular complexity index is 1240. The van der Waals surface area contributed by atoms with E-state index < -0.39 is 10.0 Å². The lowest BCUT2D eigenvalue weighted by molar-refractivity contribution is 0.0947. The number of sulfonamides is 1. The van der Waals surface area contributed by atoms with Crippen LogP contribution in [0.25, 0.3) is 0 Å². The normalized spacial score (nSPS) is 11.2. The number of benzene rings is 3. The molecule has 1 N–H and O–H groups in total. The maximum atomic E-state index is 12.5. The van der Waals surface area contributed by atoms with Crippen molar-refractivity contribution in [2.45, 2.75) is 33.4 Å². The third-order valence-corrected chi connectivity index (χ3v) is 6.30. The average molecular weight is 497 g/mol. The Balaban J connectivity index is 1.61. The molecule has 1 amide bonds. The molecule has 0 aliphatic carbocycles. The van der Waals surface area contributed by atoms with Gasteiger partial charge in [0.1, 0.15) is 18.1 Å². The Morgan fingerprint density at radius 1 is 1.00 bits per heavy atom. The van der Waals surface area contributed by atoms with E-state index in [9.17, 15) is 13.2 Å². The van der Waals surface area contributed by atoms with Crippen LogP contribution in [-0.4, -0.2) is 39.8 Å². The van der Waals surface area contributed by atoms with Crippen molar-refractivity contribution in [2.75, 3.05) is 23.7 Å². The fourth-order valence-electron chi connectivity index (χ4n) is 3.46. The highest BCUT2D eigenvalue weighted by Gasteiger charge is 2.19. The Labute approximate surface area is 207 Å². The van der Waals surface area contributed by atoms with Crippen molar-refractivity contribution in [3.05, 3.63) is 89.5 Å². The molecule has 0 atom stereocenters. The van der Waals surface area contributed by atoms with E-state index in [4.69, 9.17) is 9.47 Å². The number of aryl methyl sites for hydroxylation is 1. The fraction of sp³-hybridized carbons (Fsp3) is 0.296. The highest BCUT2D eigenvalue weighted by molar-refractivity contribution is 7.92. The minimum absolute atomic E-state index is 0.0235. The molecule has 3 aromatic carbocycles. The highest BCUT2D eigenvalue weighted by Crippen LogP contribution is 2.26. The molecular weight excluding hydrogens is 464 g/mol. The topological polar surface area (TPSA) is 84.9 Å². The molecule has 0 fully saturated rings. The molecular formula is C27H32N2O5S. The predicted molar refractivity (Wildman–Crippen MR) is 139 cm³/mol. The van der Waals surface area contributed by atoms with Gasteiger partial charge in [-0.05, 0) is 62.2 Å². The second-order valence-corrected chi connectivity index (χ2v) is 10.4. The summed E-state index contributed by atoms with van der Waals surface area (Å²) in [6.45, 7) is 6.65. The molecule has 3 rings (SSSR count). The number of amides is 1. The molecule has 0 aliphatic heterocycles. The number of nitrogens with zero attached hydrogens (tertiary/aromatic N) is 1. The van der Waals surface area contributed by atoms with Gasteiger partial charge in [0.25, 0.3) is 5.91 Å². The minimum Gasteiger partial charge on any atom is -0.491 e. The van der Waals surface area contributed by atoms with E-state index in [1.165, 1.54) is 10.6 Å². The largest absolute Gasteiger partial charge is 0.491 e. The van der Waals surface area contributed by atoms with Gasteiger partial charge in [-0.1, -0.05) is 36.4 Å². The molecule has 0 saturated heterocycles. The lowest BCUT2D eigenvalue weighted by Gasteiger charge is -2.23. The molecule has 3 aromatic rings. The summed E-state index contributed by atoms with van der Waals surface area (Å²) in [5, 5.41) is 2.84. The highest BCUT2D eigenvalue weighted by atomic mass is 32.2. The van der Waals surface area contributed by atoms with Crippen LogP contribution in [0.3, 0.4) is 0 Å². The Morgan fingerprint density at radius 2 is 1.71 bits per heavy atom. The molecule has 0 unspecified atom stereocenters. The van der Waals surface area contributed by atoms with Crippen LogP contribution >= 0.6 is 0 Å². The summed E-state index contributed by atoms with van der Waals surface area (Å²) >= 11 is 0. The second-order valence-electron chi connectivity index (χ2n) is 8.50. The molecule has 0 aliphatic rings. The molecule has 8 heteroatoms. The van der Waals surface area contributed by atoms with E-state index in [1.807, 2.05) is 45.0 Å². The summed E-state index contributed by atoms with van der Waals surface area (Å²) in [5.74, 6) is 1.18. The summed E-state index contributed by atoms with van der Waals surface area (Å²) in [7, 11) is -3.54. The van der Waals surface area contributed by atoms with Gasteiger partial charge in [0.2, 0.25) is 10.0 Å². The van der Waals surface area contributed by atoms with Crippen molar-refractivity contribution < 1.29 is 22.7 Å². The third-order valence-electron chi connectivity index (χ3n) is 5.16. The molecule has 0 spiro atoms. The van der Waals surface area contributed by atoms with Gasteiger partial charge in [-0.2, -0.15) is 0 Å². The van der Waals surface area contributed by atoms with E-state index in [2.05, 4.69) is 5.32 Å². The molecule has 7 nitrogen and oxygen atoms in total. The zero-order chi connectivity index (χ0) is 25.4.